The van der Waals surface area contributed by atoms with Crippen molar-refractivity contribution in [1.82, 2.24) is 5.32 Å². The fraction of sp³-hybridized carbons (Fsp3) is 0.558. The van der Waals surface area contributed by atoms with Gasteiger partial charge in [-0.3, -0.25) is 9.59 Å². The first-order valence-corrected chi connectivity index (χ1v) is 18.6. The molecule has 314 valence electrons. The predicted octanol–water partition coefficient (Wildman–Crippen LogP) is 3.26. The van der Waals surface area contributed by atoms with Gasteiger partial charge in [0.05, 0.1) is 35.6 Å². The number of hydrogen-bond acceptors (Lipinski definition) is 14. The quantitative estimate of drug-likeness (QED) is 0.147. The van der Waals surface area contributed by atoms with Gasteiger partial charge in [0.15, 0.2) is 17.5 Å². The molecule has 2 aromatic carbocycles. The Morgan fingerprint density at radius 1 is 0.983 bits per heavy atom. The number of aliphatic hydroxyl groups excluding tert-OH is 3. The van der Waals surface area contributed by atoms with Gasteiger partial charge in [-0.15, -0.1) is 0 Å². The minimum absolute atomic E-state index is 0.0148. The van der Waals surface area contributed by atoms with Gasteiger partial charge in [-0.25, -0.2) is 14.4 Å². The number of esters is 3. The summed E-state index contributed by atoms with van der Waals surface area (Å²) in [6.07, 6.45) is -14.1. The first kappa shape index (κ1) is 32.2. The smallest absolute Gasteiger partial charge is 0.408 e. The van der Waals surface area contributed by atoms with Gasteiger partial charge in [0.2, 0.25) is 0 Å². The van der Waals surface area contributed by atoms with Crippen LogP contribution in [0.15, 0.2) is 71.8 Å². The highest BCUT2D eigenvalue weighted by Gasteiger charge is 2.78. The van der Waals surface area contributed by atoms with E-state index in [1.54, 1.807) is 6.07 Å². The van der Waals surface area contributed by atoms with Crippen LogP contribution in [0, 0.1) is 16.7 Å². The zero-order valence-corrected chi connectivity index (χ0v) is 32.4. The molecule has 0 aromatic heterocycles. The van der Waals surface area contributed by atoms with Gasteiger partial charge in [-0.1, -0.05) is 62.4 Å². The second-order valence-corrected chi connectivity index (χ2v) is 16.1. The predicted molar refractivity (Wildman–Crippen MR) is 204 cm³/mol. The molecule has 2 bridgehead atoms. The molecule has 1 heterocycles. The van der Waals surface area contributed by atoms with Gasteiger partial charge < -0.3 is 49.4 Å². The molecule has 4 aliphatic rings. The maximum Gasteiger partial charge on any atom is 0.408 e. The van der Waals surface area contributed by atoms with Gasteiger partial charge in [-0.05, 0) is 63.2 Å². The minimum Gasteiger partial charge on any atom is -0.456 e. The Morgan fingerprint density at radius 2 is 1.60 bits per heavy atom. The van der Waals surface area contributed by atoms with Gasteiger partial charge >= 0.3 is 24.0 Å². The zero-order valence-electron chi connectivity index (χ0n) is 41.4. The van der Waals surface area contributed by atoms with E-state index in [4.69, 9.17) is 36.0 Å². The second kappa shape index (κ2) is 15.2. The lowest BCUT2D eigenvalue weighted by molar-refractivity contribution is -0.346. The van der Waals surface area contributed by atoms with E-state index in [0.29, 0.717) is 0 Å². The first-order chi connectivity index (χ1) is 30.7. The van der Waals surface area contributed by atoms with E-state index in [2.05, 4.69) is 0 Å². The number of hydrogen-bond donors (Lipinski definition) is 5. The lowest BCUT2D eigenvalue weighted by Gasteiger charge is -2.67. The molecule has 11 atom stereocenters. The van der Waals surface area contributed by atoms with Gasteiger partial charge in [0, 0.05) is 37.5 Å². The number of Topliss-reactive ketones (excluding diaryl/α,β-unsaturated/α-hetero) is 1. The van der Waals surface area contributed by atoms with E-state index in [-0.39, 0.29) is 28.7 Å². The van der Waals surface area contributed by atoms with Crippen LogP contribution in [0.1, 0.15) is 102 Å². The lowest BCUT2D eigenvalue weighted by atomic mass is 9.44. The van der Waals surface area contributed by atoms with Gasteiger partial charge in [0.25, 0.3) is 0 Å². The molecule has 1 aliphatic heterocycles. The number of benzene rings is 2. The number of carbonyl (C=O) groups excluding carboxylic acids is 5. The summed E-state index contributed by atoms with van der Waals surface area (Å²) < 4.78 is 99.2. The van der Waals surface area contributed by atoms with Crippen LogP contribution >= 0.6 is 0 Å². The summed E-state index contributed by atoms with van der Waals surface area (Å²) in [5.74, 6) is -6.15. The van der Waals surface area contributed by atoms with Crippen molar-refractivity contribution in [2.75, 3.05) is 6.61 Å². The molecule has 58 heavy (non-hydrogen) atoms. The SMILES string of the molecule is [2H]C([2H])([2H])C(OC(=O)N[C@@H](c1ccccc1)[C@@H](O)C(=O)O[C@H]1C[C@@]2(O)[C@@H](OC(=O)c3ccccc3)[C@@H]3[C@]4(OC(C)=O)CO[C@@H]4C[C@H](O)[C@@]3(C)C(=O)[C@H](O)C(=C1C)C2(C)C)(C([2H])([2H])[2H])C([2H])([2H])[2H]. The second-order valence-electron chi connectivity index (χ2n) is 16.1. The summed E-state index contributed by atoms with van der Waals surface area (Å²) in [6, 6.07) is 12.4. The number of rotatable bonds is 8. The molecular weight excluding hydrogens is 754 g/mol. The van der Waals surface area contributed by atoms with Gasteiger partial charge in [0.1, 0.15) is 35.6 Å². The average Bonchev–Trinajstić information content (AvgIpc) is 3.22. The van der Waals surface area contributed by atoms with E-state index in [0.717, 1.165) is 6.92 Å². The minimum atomic E-state index is -4.10. The number of nitrogens with one attached hydrogen (secondary N) is 1. The Bertz CT molecular complexity index is 2270. The van der Waals surface area contributed by atoms with Crippen LogP contribution in [-0.4, -0.2) is 110 Å². The van der Waals surface area contributed by atoms with Crippen LogP contribution in [0.2, 0.25) is 0 Å². The topological polar surface area (TPSA) is 224 Å². The Balaban J connectivity index is 1.46. The van der Waals surface area contributed by atoms with Crippen LogP contribution in [0.3, 0.4) is 0 Å². The molecule has 0 spiro atoms. The summed E-state index contributed by atoms with van der Waals surface area (Å²) in [5, 5.41) is 51.3. The van der Waals surface area contributed by atoms with Crippen molar-refractivity contribution in [2.45, 2.75) is 127 Å². The van der Waals surface area contributed by atoms with Crippen molar-refractivity contribution in [1.29, 1.82) is 0 Å². The van der Waals surface area contributed by atoms with E-state index in [1.165, 1.54) is 82.3 Å². The van der Waals surface area contributed by atoms with Crippen LogP contribution in [0.4, 0.5) is 4.79 Å². The third kappa shape index (κ3) is 7.10. The number of ketones is 1. The van der Waals surface area contributed by atoms with E-state index in [9.17, 15) is 39.6 Å². The van der Waals surface area contributed by atoms with Crippen LogP contribution in [0.5, 0.6) is 0 Å². The molecule has 3 fully saturated rings. The maximum atomic E-state index is 15.0. The summed E-state index contributed by atoms with van der Waals surface area (Å²) in [4.78, 5) is 69.9. The van der Waals surface area contributed by atoms with E-state index >= 15 is 4.79 Å². The average molecular weight is 817 g/mol. The number of amides is 1. The molecule has 2 saturated carbocycles. The fourth-order valence-electron chi connectivity index (χ4n) is 9.42. The molecule has 15 heteroatoms. The largest absolute Gasteiger partial charge is 0.456 e. The normalized spacial score (nSPS) is 36.6. The zero-order chi connectivity index (χ0) is 50.2. The number of fused-ring (bicyclic) bond motifs is 5. The number of aliphatic hydroxyl groups is 4. The Morgan fingerprint density at radius 3 is 2.17 bits per heavy atom. The van der Waals surface area contributed by atoms with Gasteiger partial charge in [-0.2, -0.15) is 0 Å². The fourth-order valence-corrected chi connectivity index (χ4v) is 9.42. The molecule has 2 aromatic rings. The number of alkyl carbamates (subject to hydrolysis) is 1. The van der Waals surface area contributed by atoms with Crippen molar-refractivity contribution in [3.63, 3.8) is 0 Å². The molecule has 6 rings (SSSR count). The van der Waals surface area contributed by atoms with Crippen molar-refractivity contribution >= 4 is 29.8 Å². The Kier molecular flexibility index (Phi) is 8.43. The van der Waals surface area contributed by atoms with Crippen LogP contribution < -0.4 is 5.32 Å². The highest BCUT2D eigenvalue weighted by atomic mass is 16.6. The summed E-state index contributed by atoms with van der Waals surface area (Å²) in [7, 11) is 0. The van der Waals surface area contributed by atoms with E-state index in [1.807, 2.05) is 5.32 Å². The third-order valence-corrected chi connectivity index (χ3v) is 12.4. The molecule has 3 aliphatic carbocycles. The highest BCUT2D eigenvalue weighted by molar-refractivity contribution is 5.94. The van der Waals surface area contributed by atoms with Crippen molar-refractivity contribution < 1.29 is 80.4 Å². The Hall–Kier alpha value is -4.67. The van der Waals surface area contributed by atoms with Crippen LogP contribution in [-0.2, 0) is 38.1 Å². The molecule has 0 radical (unpaired) electrons. The van der Waals surface area contributed by atoms with E-state index < -0.39 is 140 Å². The molecule has 0 unspecified atom stereocenters. The van der Waals surface area contributed by atoms with Crippen molar-refractivity contribution in [3.8, 4) is 0 Å². The Labute approximate surface area is 349 Å². The summed E-state index contributed by atoms with van der Waals surface area (Å²) in [5.41, 5.74) is -12.8. The third-order valence-electron chi connectivity index (χ3n) is 12.4. The number of carbonyl (C=O) groups is 5. The monoisotopic (exact) mass is 816 g/mol. The summed E-state index contributed by atoms with van der Waals surface area (Å²) in [6.45, 7) is -5.70. The molecule has 5 N–H and O–H groups in total. The molecule has 1 saturated heterocycles. The lowest BCUT2D eigenvalue weighted by Crippen LogP contribution is -2.81. The first-order valence-electron chi connectivity index (χ1n) is 23.1. The molecule has 1 amide bonds. The summed E-state index contributed by atoms with van der Waals surface area (Å²) >= 11 is 0. The standard InChI is InChI=1S/C43H53NO14/c1-22-26(55-37(51)32(48)30(24-15-11-9-12-16-24)44-38(52)58-39(3,4)5)20-43(53)35(56-36(50)25-17-13-10-14-18-25)33-41(8,34(49)31(47)29(22)40(43,6)7)27(46)19-28-42(33,21-54-28)57-23(2)45/h9-18,26-28,30-33,35,46-48,53H,19-21H2,1-8H3,(H,44,52)/t26-,27-,28+,30-,31+,32+,33-,35-,41+,42-,43+/m0/s1/i3D3,4D3,5D3. The maximum absolute atomic E-state index is 15.0. The van der Waals surface area contributed by atoms with Crippen molar-refractivity contribution in [3.05, 3.63) is 82.9 Å². The molecule has 15 nitrogen and oxygen atoms in total. The highest BCUT2D eigenvalue weighted by Crippen LogP contribution is 2.64. The number of ether oxygens (including phenoxy) is 5. The molecular formula is C43H53NO14. The van der Waals surface area contributed by atoms with Crippen LogP contribution in [0.25, 0.3) is 0 Å². The van der Waals surface area contributed by atoms with Crippen molar-refractivity contribution in [2.24, 2.45) is 16.7 Å².